The van der Waals surface area contributed by atoms with Gasteiger partial charge in [-0.3, -0.25) is 9.59 Å². The molecule has 2 amide bonds. The van der Waals surface area contributed by atoms with Crippen LogP contribution < -0.4 is 10.6 Å². The predicted molar refractivity (Wildman–Crippen MR) is 145 cm³/mol. The molecular formula is C25H16Cl3F7N8O2. The van der Waals surface area contributed by atoms with Gasteiger partial charge in [-0.2, -0.15) is 31.4 Å². The molecule has 1 fully saturated rings. The zero-order valence-corrected chi connectivity index (χ0v) is 24.3. The zero-order chi connectivity index (χ0) is 32.9. The fourth-order valence-corrected chi connectivity index (χ4v) is 4.80. The Morgan fingerprint density at radius 3 is 2.27 bits per heavy atom. The van der Waals surface area contributed by atoms with Gasteiger partial charge in [-0.15, -0.1) is 5.10 Å². The molecule has 0 bridgehead atoms. The predicted octanol–water partition coefficient (Wildman–Crippen LogP) is 6.30. The topological polar surface area (TPSA) is 120 Å². The van der Waals surface area contributed by atoms with Crippen LogP contribution in [0.15, 0.2) is 42.7 Å². The molecule has 0 atom stereocenters. The van der Waals surface area contributed by atoms with Crippen molar-refractivity contribution in [2.24, 2.45) is 0 Å². The summed E-state index contributed by atoms with van der Waals surface area (Å²) in [6.45, 7) is -0.673. The van der Waals surface area contributed by atoms with Crippen molar-refractivity contribution in [3.05, 3.63) is 80.4 Å². The third-order valence-electron chi connectivity index (χ3n) is 6.38. The van der Waals surface area contributed by atoms with Crippen molar-refractivity contribution in [2.75, 3.05) is 5.32 Å². The molecule has 0 aliphatic heterocycles. The molecule has 20 heteroatoms. The number of aromatic nitrogens is 6. The minimum atomic E-state index is -6.40. The summed E-state index contributed by atoms with van der Waals surface area (Å²) in [7, 11) is 0. The van der Waals surface area contributed by atoms with Gasteiger partial charge in [0.25, 0.3) is 11.8 Å². The van der Waals surface area contributed by atoms with E-state index in [0.29, 0.717) is 4.68 Å². The van der Waals surface area contributed by atoms with E-state index in [2.05, 4.69) is 31.0 Å². The van der Waals surface area contributed by atoms with Crippen molar-refractivity contribution in [3.63, 3.8) is 0 Å². The third-order valence-corrected chi connectivity index (χ3v) is 7.19. The van der Waals surface area contributed by atoms with Gasteiger partial charge in [0.05, 0.1) is 39.7 Å². The number of hydrogen-bond acceptors (Lipinski definition) is 6. The number of rotatable bonds is 8. The number of amides is 2. The molecule has 0 unspecified atom stereocenters. The highest BCUT2D eigenvalue weighted by Gasteiger charge is 2.75. The number of nitrogens with zero attached hydrogens (tertiary/aromatic N) is 6. The second kappa shape index (κ2) is 11.8. The fourth-order valence-electron chi connectivity index (χ4n) is 4.06. The van der Waals surface area contributed by atoms with Crippen LogP contribution in [0.1, 0.15) is 45.1 Å². The lowest BCUT2D eigenvalue weighted by molar-refractivity contribution is -0.350. The molecule has 3 heterocycles. The summed E-state index contributed by atoms with van der Waals surface area (Å²) >= 11 is 18.6. The van der Waals surface area contributed by atoms with Crippen molar-refractivity contribution < 1.29 is 40.3 Å². The van der Waals surface area contributed by atoms with E-state index in [1.165, 1.54) is 30.5 Å². The molecule has 10 nitrogen and oxygen atoms in total. The Morgan fingerprint density at radius 1 is 0.956 bits per heavy atom. The lowest BCUT2D eigenvalue weighted by Crippen LogP contribution is -2.50. The van der Waals surface area contributed by atoms with Crippen molar-refractivity contribution in [3.8, 4) is 5.82 Å². The van der Waals surface area contributed by atoms with E-state index in [1.807, 2.05) is 0 Å². The Labute approximate surface area is 262 Å². The number of carbonyl (C=O) groups excluding carboxylic acids is 2. The first-order chi connectivity index (χ1) is 21.0. The summed E-state index contributed by atoms with van der Waals surface area (Å²) in [6, 6.07) is 6.47. The molecule has 0 radical (unpaired) electrons. The van der Waals surface area contributed by atoms with E-state index in [1.54, 1.807) is 0 Å². The Kier molecular flexibility index (Phi) is 8.48. The van der Waals surface area contributed by atoms with E-state index < -0.39 is 42.1 Å². The van der Waals surface area contributed by atoms with Crippen molar-refractivity contribution in [2.45, 2.75) is 43.4 Å². The van der Waals surface area contributed by atoms with Gasteiger partial charge < -0.3 is 10.6 Å². The van der Waals surface area contributed by atoms with Crippen molar-refractivity contribution in [1.29, 1.82) is 0 Å². The molecule has 4 aromatic rings. The number of alkyl halides is 7. The molecule has 1 aliphatic carbocycles. The smallest absolute Gasteiger partial charge is 0.349 e. The fraction of sp³-hybridized carbons (Fsp3) is 0.280. The first kappa shape index (κ1) is 32.4. The first-order valence-electron chi connectivity index (χ1n) is 12.5. The van der Waals surface area contributed by atoms with Gasteiger partial charge in [0.2, 0.25) is 0 Å². The lowest BCUT2D eigenvalue weighted by Gasteiger charge is -2.27. The van der Waals surface area contributed by atoms with Gasteiger partial charge in [-0.1, -0.05) is 40.0 Å². The number of halogens is 10. The maximum absolute atomic E-state index is 14.4. The van der Waals surface area contributed by atoms with E-state index in [9.17, 15) is 40.3 Å². The molecule has 3 aromatic heterocycles. The summed E-state index contributed by atoms with van der Waals surface area (Å²) < 4.78 is 94.9. The number of anilines is 1. The second-order valence-corrected chi connectivity index (χ2v) is 11.0. The Hall–Kier alpha value is -3.96. The first-order valence-corrected chi connectivity index (χ1v) is 13.7. The molecule has 2 N–H and O–H groups in total. The highest BCUT2D eigenvalue weighted by atomic mass is 35.5. The molecule has 238 valence electrons. The Bertz CT molecular complexity index is 1770. The summed E-state index contributed by atoms with van der Waals surface area (Å²) in [5, 5.41) is 15.4. The second-order valence-electron chi connectivity index (χ2n) is 9.71. The number of benzene rings is 1. The largest absolute Gasteiger partial charge is 0.437 e. The van der Waals surface area contributed by atoms with Crippen molar-refractivity contribution in [1.82, 2.24) is 35.1 Å². The Balaban J connectivity index is 1.51. The number of pyridine rings is 1. The third kappa shape index (κ3) is 6.41. The molecule has 1 aromatic carbocycles. The van der Waals surface area contributed by atoms with E-state index in [0.717, 1.165) is 23.6 Å². The number of nitrogens with one attached hydrogen (secondary N) is 2. The molecule has 0 spiro atoms. The zero-order valence-electron chi connectivity index (χ0n) is 22.0. The van der Waals surface area contributed by atoms with Crippen LogP contribution in [0.2, 0.25) is 15.1 Å². The van der Waals surface area contributed by atoms with Crippen LogP contribution in [0, 0.1) is 0 Å². The van der Waals surface area contributed by atoms with Gasteiger partial charge in [0, 0.05) is 17.3 Å². The summed E-state index contributed by atoms with van der Waals surface area (Å²) in [5.74, 6) is -1.60. The average Bonchev–Trinajstić information content (AvgIpc) is 3.46. The van der Waals surface area contributed by atoms with Crippen LogP contribution in [0.5, 0.6) is 0 Å². The van der Waals surface area contributed by atoms with E-state index in [-0.39, 0.29) is 55.8 Å². The van der Waals surface area contributed by atoms with E-state index in [4.69, 9.17) is 34.8 Å². The highest BCUT2D eigenvalue weighted by Crippen LogP contribution is 2.52. The van der Waals surface area contributed by atoms with Crippen LogP contribution in [-0.4, -0.2) is 60.0 Å². The maximum atomic E-state index is 14.4. The van der Waals surface area contributed by atoms with Crippen LogP contribution >= 0.6 is 34.8 Å². The van der Waals surface area contributed by atoms with Crippen LogP contribution in [0.25, 0.3) is 5.82 Å². The monoisotopic (exact) mass is 698 g/mol. The van der Waals surface area contributed by atoms with Gasteiger partial charge in [-0.05, 0) is 43.2 Å². The van der Waals surface area contributed by atoms with Crippen LogP contribution in [-0.2, 0) is 12.2 Å². The van der Waals surface area contributed by atoms with Crippen LogP contribution in [0.4, 0.5) is 36.4 Å². The molecule has 45 heavy (non-hydrogen) atoms. The van der Waals surface area contributed by atoms with Gasteiger partial charge in [0.1, 0.15) is 11.4 Å². The molecule has 1 aliphatic rings. The minimum absolute atomic E-state index is 0.00386. The SMILES string of the molecule is O=C(NC1CC1)c1cc(Cl)cc(Cl)c1NC(=O)c1cc(Cn2cc(C(F)(C(F)(F)F)C(F)(F)F)nn2)nn1-c1ncccc1Cl. The highest BCUT2D eigenvalue weighted by molar-refractivity contribution is 6.38. The summed E-state index contributed by atoms with van der Waals surface area (Å²) in [4.78, 5) is 30.5. The molecular weight excluding hydrogens is 684 g/mol. The molecule has 5 rings (SSSR count). The maximum Gasteiger partial charge on any atom is 0.437 e. The van der Waals surface area contributed by atoms with Crippen LogP contribution in [0.3, 0.4) is 0 Å². The summed E-state index contributed by atoms with van der Waals surface area (Å²) in [5.41, 5.74) is -8.52. The Morgan fingerprint density at radius 2 is 1.64 bits per heavy atom. The number of carbonyl (C=O) groups is 2. The summed E-state index contributed by atoms with van der Waals surface area (Å²) in [6.07, 6.45) is -9.84. The lowest BCUT2D eigenvalue weighted by atomic mass is 10.0. The van der Waals surface area contributed by atoms with Gasteiger partial charge >= 0.3 is 18.0 Å². The molecule has 0 saturated heterocycles. The normalized spacial score (nSPS) is 14.0. The average molecular weight is 700 g/mol. The van der Waals surface area contributed by atoms with Gasteiger partial charge in [0.15, 0.2) is 5.82 Å². The minimum Gasteiger partial charge on any atom is -0.349 e. The quantitative estimate of drug-likeness (QED) is 0.209. The van der Waals surface area contributed by atoms with E-state index >= 15 is 0 Å². The molecule has 1 saturated carbocycles. The standard InChI is InChI=1S/C25H16Cl3F7N8O2/c26-11-6-14(21(44)37-12-3-4-12)19(16(28)7-11)38-22(45)17-8-13(40-43(17)20-15(27)2-1-5-36-20)9-42-10-18(39-41-42)23(29,24(30,31)32)25(33,34)35/h1-2,5-8,10,12H,3-4,9H2,(H,37,44)(H,38,45). The number of hydrogen-bond donors (Lipinski definition) is 2. The van der Waals surface area contributed by atoms with Crippen molar-refractivity contribution >= 4 is 52.3 Å². The van der Waals surface area contributed by atoms with Gasteiger partial charge in [-0.25, -0.2) is 18.7 Å².